The van der Waals surface area contributed by atoms with Gasteiger partial charge in [0.2, 0.25) is 0 Å². The zero-order chi connectivity index (χ0) is 16.7. The van der Waals surface area contributed by atoms with Gasteiger partial charge in [0.1, 0.15) is 0 Å². The Bertz CT molecular complexity index is 862. The van der Waals surface area contributed by atoms with E-state index in [4.69, 9.17) is 10.7 Å². The average Bonchev–Trinajstić information content (AvgIpc) is 2.60. The molecule has 4 heteroatoms. The Kier molecular flexibility index (Phi) is 3.38. The molecule has 0 spiro atoms. The molecule has 4 nitrogen and oxygen atoms in total. The molecule has 1 heterocycles. The first kappa shape index (κ1) is 14.6. The first-order valence-corrected chi connectivity index (χ1v) is 8.03. The second-order valence-electron chi connectivity index (χ2n) is 6.25. The van der Waals surface area contributed by atoms with Gasteiger partial charge in [-0.05, 0) is 48.6 Å². The van der Waals surface area contributed by atoms with E-state index >= 15 is 0 Å². The van der Waals surface area contributed by atoms with Gasteiger partial charge in [0.25, 0.3) is 0 Å². The van der Waals surface area contributed by atoms with Gasteiger partial charge in [-0.25, -0.2) is 4.99 Å². The van der Waals surface area contributed by atoms with E-state index in [2.05, 4.69) is 66.4 Å². The van der Waals surface area contributed by atoms with Crippen LogP contribution in [0.25, 0.3) is 0 Å². The lowest BCUT2D eigenvalue weighted by atomic mass is 9.97. The predicted octanol–water partition coefficient (Wildman–Crippen LogP) is 3.88. The number of benzene rings is 2. The van der Waals surface area contributed by atoms with Crippen LogP contribution in [-0.4, -0.2) is 30.7 Å². The number of para-hydroxylation sites is 1. The van der Waals surface area contributed by atoms with E-state index in [-0.39, 0.29) is 6.04 Å². The van der Waals surface area contributed by atoms with Crippen LogP contribution in [0.1, 0.15) is 0 Å². The molecule has 1 atom stereocenters. The number of nitrogens with zero attached hydrogens (tertiary/aromatic N) is 3. The number of hydrogen-bond acceptors (Lipinski definition) is 4. The van der Waals surface area contributed by atoms with E-state index in [9.17, 15) is 0 Å². The van der Waals surface area contributed by atoms with Crippen molar-refractivity contribution in [3.05, 3.63) is 72.5 Å². The normalized spacial score (nSPS) is 18.4. The maximum atomic E-state index is 6.05. The minimum absolute atomic E-state index is 0.0594. The van der Waals surface area contributed by atoms with Crippen LogP contribution >= 0.6 is 0 Å². The van der Waals surface area contributed by atoms with Crippen LogP contribution in [0.3, 0.4) is 0 Å². The summed E-state index contributed by atoms with van der Waals surface area (Å²) in [4.78, 5) is 9.27. The largest absolute Gasteiger partial charge is 0.399 e. The van der Waals surface area contributed by atoms with Gasteiger partial charge in [-0.3, -0.25) is 0 Å². The highest BCUT2D eigenvalue weighted by Crippen LogP contribution is 2.42. The van der Waals surface area contributed by atoms with Gasteiger partial charge in [-0.2, -0.15) is 0 Å². The summed E-state index contributed by atoms with van der Waals surface area (Å²) in [6, 6.07) is 16.3. The monoisotopic (exact) mass is 316 g/mol. The summed E-state index contributed by atoms with van der Waals surface area (Å²) in [5, 5.41) is 0. The number of allylic oxidation sites excluding steroid dienone is 1. The van der Waals surface area contributed by atoms with Gasteiger partial charge in [-0.1, -0.05) is 18.2 Å². The smallest absolute Gasteiger partial charge is 0.0969 e. The second-order valence-corrected chi connectivity index (χ2v) is 6.25. The number of likely N-dealkylation sites (N-methyl/N-ethyl adjacent to an activating group) is 1. The Balaban J connectivity index is 1.92. The fourth-order valence-corrected chi connectivity index (χ4v) is 3.19. The lowest BCUT2D eigenvalue weighted by Crippen LogP contribution is -2.40. The van der Waals surface area contributed by atoms with Crippen molar-refractivity contribution >= 4 is 28.5 Å². The van der Waals surface area contributed by atoms with Crippen LogP contribution in [0.2, 0.25) is 0 Å². The number of aliphatic imine (C=N–C) groups is 1. The Labute approximate surface area is 142 Å². The molecule has 0 aromatic heterocycles. The van der Waals surface area contributed by atoms with Crippen molar-refractivity contribution in [1.82, 2.24) is 4.90 Å². The molecule has 2 aliphatic rings. The quantitative estimate of drug-likeness (QED) is 0.855. The summed E-state index contributed by atoms with van der Waals surface area (Å²) in [7, 11) is 4.11. The van der Waals surface area contributed by atoms with Crippen LogP contribution in [0.5, 0.6) is 0 Å². The lowest BCUT2D eigenvalue weighted by molar-refractivity contribution is 0.525. The molecule has 1 unspecified atom stereocenters. The number of anilines is 3. The van der Waals surface area contributed by atoms with Crippen molar-refractivity contribution in [2.45, 2.75) is 6.04 Å². The van der Waals surface area contributed by atoms with E-state index < -0.39 is 0 Å². The Hall–Kier alpha value is -3.01. The lowest BCUT2D eigenvalue weighted by Gasteiger charge is -2.38. The van der Waals surface area contributed by atoms with Crippen molar-refractivity contribution in [3.63, 3.8) is 0 Å². The van der Waals surface area contributed by atoms with Gasteiger partial charge >= 0.3 is 0 Å². The number of hydrogen-bond donors (Lipinski definition) is 1. The van der Waals surface area contributed by atoms with Gasteiger partial charge in [0.05, 0.1) is 23.1 Å². The molecule has 24 heavy (non-hydrogen) atoms. The van der Waals surface area contributed by atoms with Crippen molar-refractivity contribution < 1.29 is 0 Å². The Morgan fingerprint density at radius 1 is 1.04 bits per heavy atom. The third-order valence-electron chi connectivity index (χ3n) is 4.39. The van der Waals surface area contributed by atoms with Crippen LogP contribution in [0.15, 0.2) is 77.4 Å². The molecule has 0 saturated carbocycles. The number of nitrogen functional groups attached to an aromatic ring is 1. The van der Waals surface area contributed by atoms with Crippen LogP contribution in [-0.2, 0) is 0 Å². The molecule has 2 N–H and O–H groups in total. The highest BCUT2D eigenvalue weighted by molar-refractivity contribution is 6.10. The van der Waals surface area contributed by atoms with E-state index in [1.165, 1.54) is 5.70 Å². The van der Waals surface area contributed by atoms with E-state index in [1.807, 2.05) is 24.3 Å². The van der Waals surface area contributed by atoms with Crippen molar-refractivity contribution in [3.8, 4) is 0 Å². The minimum Gasteiger partial charge on any atom is -0.399 e. The molecule has 0 saturated heterocycles. The van der Waals surface area contributed by atoms with E-state index in [0.29, 0.717) is 0 Å². The van der Waals surface area contributed by atoms with Crippen LogP contribution in [0.4, 0.5) is 22.7 Å². The maximum absolute atomic E-state index is 6.05. The number of rotatable bonds is 2. The maximum Gasteiger partial charge on any atom is 0.0969 e. The first-order valence-electron chi connectivity index (χ1n) is 8.03. The zero-order valence-electron chi connectivity index (χ0n) is 13.8. The fourth-order valence-electron chi connectivity index (χ4n) is 3.19. The molecule has 0 amide bonds. The molecular weight excluding hydrogens is 296 g/mol. The molecule has 1 aliphatic heterocycles. The molecule has 2 aromatic carbocycles. The molecule has 2 aromatic rings. The summed E-state index contributed by atoms with van der Waals surface area (Å²) in [5.41, 5.74) is 12.1. The molecule has 4 rings (SSSR count). The summed E-state index contributed by atoms with van der Waals surface area (Å²) < 4.78 is 0. The highest BCUT2D eigenvalue weighted by Gasteiger charge is 2.31. The van der Waals surface area contributed by atoms with Gasteiger partial charge < -0.3 is 15.5 Å². The van der Waals surface area contributed by atoms with Gasteiger partial charge in [0.15, 0.2) is 0 Å². The molecule has 0 radical (unpaired) electrons. The highest BCUT2D eigenvalue weighted by atomic mass is 15.2. The molecule has 0 bridgehead atoms. The third kappa shape index (κ3) is 2.36. The standard InChI is InChI=1S/C20H20N4/c1-23(2)16-9-11-18-20(13-16)24(15-6-4-3-5-7-15)19-12-14(21)8-10-17(19)22-18/h3-13,20H,21H2,1-2H3. The third-order valence-corrected chi connectivity index (χ3v) is 4.39. The predicted molar refractivity (Wildman–Crippen MR) is 101 cm³/mol. The van der Waals surface area contributed by atoms with Gasteiger partial charge in [0, 0.05) is 31.2 Å². The molecule has 1 aliphatic carbocycles. The minimum atomic E-state index is 0.0594. The molecular formula is C20H20N4. The Morgan fingerprint density at radius 2 is 1.83 bits per heavy atom. The zero-order valence-corrected chi connectivity index (χ0v) is 13.8. The van der Waals surface area contributed by atoms with Crippen LogP contribution < -0.4 is 10.6 Å². The number of nitrogens with two attached hydrogens (primary N) is 1. The van der Waals surface area contributed by atoms with Crippen molar-refractivity contribution in [1.29, 1.82) is 0 Å². The van der Waals surface area contributed by atoms with Gasteiger partial charge in [-0.15, -0.1) is 0 Å². The first-order chi connectivity index (χ1) is 11.6. The van der Waals surface area contributed by atoms with Crippen molar-refractivity contribution in [2.75, 3.05) is 24.7 Å². The van der Waals surface area contributed by atoms with Crippen molar-refractivity contribution in [2.24, 2.45) is 4.99 Å². The Morgan fingerprint density at radius 3 is 2.58 bits per heavy atom. The average molecular weight is 316 g/mol. The number of fused-ring (bicyclic) bond motifs is 2. The van der Waals surface area contributed by atoms with Crippen LogP contribution in [0, 0.1) is 0 Å². The molecule has 0 fully saturated rings. The van der Waals surface area contributed by atoms with E-state index in [1.54, 1.807) is 0 Å². The topological polar surface area (TPSA) is 44.9 Å². The SMILES string of the molecule is CN(C)C1=CC2C(=Nc3ccc(N)cc3N2c2ccccc2)C=C1. The fraction of sp³-hybridized carbons (Fsp3) is 0.150. The molecule has 120 valence electrons. The van der Waals surface area contributed by atoms with E-state index in [0.717, 1.165) is 28.5 Å². The summed E-state index contributed by atoms with van der Waals surface area (Å²) in [6.07, 6.45) is 6.47. The summed E-state index contributed by atoms with van der Waals surface area (Å²) >= 11 is 0. The summed E-state index contributed by atoms with van der Waals surface area (Å²) in [6.45, 7) is 0. The second kappa shape index (κ2) is 5.57. The summed E-state index contributed by atoms with van der Waals surface area (Å²) in [5.74, 6) is 0.